The van der Waals surface area contributed by atoms with Gasteiger partial charge in [0.15, 0.2) is 0 Å². The Morgan fingerprint density at radius 3 is 2.65 bits per heavy atom. The monoisotopic (exact) mass is 352 g/mol. The highest BCUT2D eigenvalue weighted by Gasteiger charge is 2.24. The summed E-state index contributed by atoms with van der Waals surface area (Å²) in [4.78, 5) is 37.8. The van der Waals surface area contributed by atoms with Gasteiger partial charge in [-0.15, -0.1) is 0 Å². The van der Waals surface area contributed by atoms with Crippen LogP contribution < -0.4 is 10.2 Å². The van der Waals surface area contributed by atoms with Crippen molar-refractivity contribution in [1.82, 2.24) is 0 Å². The highest BCUT2D eigenvalue weighted by molar-refractivity contribution is 6.06. The van der Waals surface area contributed by atoms with Crippen LogP contribution in [0.4, 0.5) is 11.4 Å². The second-order valence-corrected chi connectivity index (χ2v) is 6.02. The van der Waals surface area contributed by atoms with Gasteiger partial charge in [-0.3, -0.25) is 9.59 Å². The fourth-order valence-corrected chi connectivity index (χ4v) is 3.04. The molecule has 2 aromatic rings. The van der Waals surface area contributed by atoms with Crippen LogP contribution in [0.15, 0.2) is 42.5 Å². The number of fused-ring (bicyclic) bond motifs is 1. The largest absolute Gasteiger partial charge is 0.465 e. The van der Waals surface area contributed by atoms with Gasteiger partial charge in [-0.05, 0) is 48.4 Å². The van der Waals surface area contributed by atoms with E-state index >= 15 is 0 Å². The summed E-state index contributed by atoms with van der Waals surface area (Å²) in [6, 6.07) is 11.9. The third kappa shape index (κ3) is 3.44. The molecule has 0 atom stereocenters. The maximum atomic E-state index is 12.5. The lowest BCUT2D eigenvalue weighted by Gasteiger charge is -2.16. The quantitative estimate of drug-likeness (QED) is 0.858. The number of nitrogens with zero attached hydrogens (tertiary/aromatic N) is 1. The molecule has 0 aliphatic carbocycles. The van der Waals surface area contributed by atoms with E-state index in [2.05, 4.69) is 10.1 Å². The fraction of sp³-hybridized carbons (Fsp3) is 0.250. The van der Waals surface area contributed by atoms with Crippen molar-refractivity contribution in [3.63, 3.8) is 0 Å². The molecule has 1 heterocycles. The minimum atomic E-state index is -0.459. The molecule has 3 rings (SSSR count). The van der Waals surface area contributed by atoms with E-state index in [-0.39, 0.29) is 11.8 Å². The number of benzene rings is 2. The van der Waals surface area contributed by atoms with Crippen LogP contribution in [-0.2, 0) is 16.0 Å². The van der Waals surface area contributed by atoms with Crippen LogP contribution in [0.3, 0.4) is 0 Å². The van der Waals surface area contributed by atoms with Gasteiger partial charge in [0.25, 0.3) is 5.91 Å². The fourth-order valence-electron chi connectivity index (χ4n) is 3.04. The molecule has 6 heteroatoms. The molecular weight excluding hydrogens is 332 g/mol. The molecule has 1 aliphatic rings. The van der Waals surface area contributed by atoms with E-state index in [1.165, 1.54) is 7.11 Å². The molecular formula is C20H20N2O4. The number of esters is 1. The molecule has 0 aromatic heterocycles. The van der Waals surface area contributed by atoms with Gasteiger partial charge in [0.2, 0.25) is 5.91 Å². The summed E-state index contributed by atoms with van der Waals surface area (Å²) in [6.07, 6.45) is 1.19. The highest BCUT2D eigenvalue weighted by atomic mass is 16.5. The van der Waals surface area contributed by atoms with Crippen LogP contribution in [0.2, 0.25) is 0 Å². The van der Waals surface area contributed by atoms with Crippen molar-refractivity contribution in [1.29, 1.82) is 0 Å². The van der Waals surface area contributed by atoms with Crippen LogP contribution in [-0.4, -0.2) is 31.4 Å². The number of carbonyl (C=O) groups is 3. The number of nitrogens with one attached hydrogen (secondary N) is 1. The summed E-state index contributed by atoms with van der Waals surface area (Å²) in [5.41, 5.74) is 3.26. The number of hydrogen-bond donors (Lipinski definition) is 1. The van der Waals surface area contributed by atoms with Crippen LogP contribution in [0.1, 0.15) is 39.6 Å². The summed E-state index contributed by atoms with van der Waals surface area (Å²) >= 11 is 0. The van der Waals surface area contributed by atoms with Gasteiger partial charge < -0.3 is 15.0 Å². The third-order valence-electron chi connectivity index (χ3n) is 4.38. The standard InChI is InChI=1S/C20H20N2O4/c1-3-18(23)22-10-9-13-11-14(7-8-17(13)22)19(24)21-16-6-4-5-15(12-16)20(25)26-2/h4-8,11-12H,3,9-10H2,1-2H3,(H,21,24). The summed E-state index contributed by atoms with van der Waals surface area (Å²) in [7, 11) is 1.31. The molecule has 26 heavy (non-hydrogen) atoms. The van der Waals surface area contributed by atoms with Crippen molar-refractivity contribution in [2.24, 2.45) is 0 Å². The molecule has 0 fully saturated rings. The first-order valence-corrected chi connectivity index (χ1v) is 8.46. The first-order chi connectivity index (χ1) is 12.5. The van der Waals surface area contributed by atoms with Crippen molar-refractivity contribution in [2.45, 2.75) is 19.8 Å². The SMILES string of the molecule is CCC(=O)N1CCc2cc(C(=O)Nc3cccc(C(=O)OC)c3)ccc21. The smallest absolute Gasteiger partial charge is 0.337 e. The van der Waals surface area contributed by atoms with E-state index in [1.54, 1.807) is 35.2 Å². The number of hydrogen-bond acceptors (Lipinski definition) is 4. The molecule has 0 unspecified atom stereocenters. The number of amides is 2. The van der Waals surface area contributed by atoms with Crippen molar-refractivity contribution in [3.05, 3.63) is 59.2 Å². The van der Waals surface area contributed by atoms with Crippen molar-refractivity contribution < 1.29 is 19.1 Å². The Hall–Kier alpha value is -3.15. The van der Waals surface area contributed by atoms with E-state index in [4.69, 9.17) is 0 Å². The predicted molar refractivity (Wildman–Crippen MR) is 98.5 cm³/mol. The molecule has 1 N–H and O–H groups in total. The summed E-state index contributed by atoms with van der Waals surface area (Å²) < 4.78 is 4.69. The average Bonchev–Trinajstić information content (AvgIpc) is 3.10. The second kappa shape index (κ2) is 7.39. The Morgan fingerprint density at radius 2 is 1.92 bits per heavy atom. The Labute approximate surface area is 151 Å². The topological polar surface area (TPSA) is 75.7 Å². The van der Waals surface area contributed by atoms with Gasteiger partial charge in [0.1, 0.15) is 0 Å². The van der Waals surface area contributed by atoms with Gasteiger partial charge in [-0.25, -0.2) is 4.79 Å². The van der Waals surface area contributed by atoms with E-state index in [0.717, 1.165) is 17.7 Å². The predicted octanol–water partition coefficient (Wildman–Crippen LogP) is 3.02. The van der Waals surface area contributed by atoms with E-state index in [0.29, 0.717) is 29.8 Å². The lowest BCUT2D eigenvalue weighted by molar-refractivity contribution is -0.118. The molecule has 0 spiro atoms. The third-order valence-corrected chi connectivity index (χ3v) is 4.38. The Morgan fingerprint density at radius 1 is 1.12 bits per heavy atom. The van der Waals surface area contributed by atoms with Gasteiger partial charge in [-0.2, -0.15) is 0 Å². The molecule has 0 bridgehead atoms. The number of anilines is 2. The van der Waals surface area contributed by atoms with Gasteiger partial charge >= 0.3 is 5.97 Å². The molecule has 2 amide bonds. The van der Waals surface area contributed by atoms with Gasteiger partial charge in [-0.1, -0.05) is 13.0 Å². The van der Waals surface area contributed by atoms with Crippen molar-refractivity contribution >= 4 is 29.2 Å². The second-order valence-electron chi connectivity index (χ2n) is 6.02. The summed E-state index contributed by atoms with van der Waals surface area (Å²) in [6.45, 7) is 2.48. The maximum absolute atomic E-state index is 12.5. The minimum Gasteiger partial charge on any atom is -0.465 e. The number of carbonyl (C=O) groups excluding carboxylic acids is 3. The van der Waals surface area contributed by atoms with Crippen LogP contribution in [0, 0.1) is 0 Å². The van der Waals surface area contributed by atoms with Gasteiger partial charge in [0, 0.05) is 29.9 Å². The summed E-state index contributed by atoms with van der Waals surface area (Å²) in [5.74, 6) is -0.644. The molecule has 0 saturated carbocycles. The normalized spacial score (nSPS) is 12.5. The number of rotatable bonds is 4. The lowest BCUT2D eigenvalue weighted by Crippen LogP contribution is -2.27. The van der Waals surface area contributed by atoms with Crippen LogP contribution in [0.25, 0.3) is 0 Å². The van der Waals surface area contributed by atoms with Crippen LogP contribution >= 0.6 is 0 Å². The lowest BCUT2D eigenvalue weighted by atomic mass is 10.1. The Bertz CT molecular complexity index is 876. The van der Waals surface area contributed by atoms with E-state index < -0.39 is 5.97 Å². The average molecular weight is 352 g/mol. The zero-order valence-corrected chi connectivity index (χ0v) is 14.7. The van der Waals surface area contributed by atoms with Crippen LogP contribution in [0.5, 0.6) is 0 Å². The first kappa shape index (κ1) is 17.7. The summed E-state index contributed by atoms with van der Waals surface area (Å²) in [5, 5.41) is 2.79. The number of methoxy groups -OCH3 is 1. The molecule has 6 nitrogen and oxygen atoms in total. The van der Waals surface area contributed by atoms with Gasteiger partial charge in [0.05, 0.1) is 12.7 Å². The minimum absolute atomic E-state index is 0.0839. The molecule has 0 radical (unpaired) electrons. The molecule has 0 saturated heterocycles. The molecule has 134 valence electrons. The van der Waals surface area contributed by atoms with E-state index in [9.17, 15) is 14.4 Å². The van der Waals surface area contributed by atoms with Crippen molar-refractivity contribution in [2.75, 3.05) is 23.9 Å². The van der Waals surface area contributed by atoms with E-state index in [1.807, 2.05) is 19.1 Å². The zero-order valence-electron chi connectivity index (χ0n) is 14.7. The maximum Gasteiger partial charge on any atom is 0.337 e. The number of ether oxygens (including phenoxy) is 1. The highest BCUT2D eigenvalue weighted by Crippen LogP contribution is 2.29. The molecule has 1 aliphatic heterocycles. The Balaban J connectivity index is 1.78. The Kier molecular flexibility index (Phi) is 5.02. The first-order valence-electron chi connectivity index (χ1n) is 8.46. The zero-order chi connectivity index (χ0) is 18.7. The van der Waals surface area contributed by atoms with Crippen molar-refractivity contribution in [3.8, 4) is 0 Å². The molecule has 2 aromatic carbocycles.